The molecular weight excluding hydrogens is 232 g/mol. The van der Waals surface area contributed by atoms with Crippen LogP contribution >= 0.6 is 11.6 Å². The normalized spacial score (nSPS) is 20.6. The van der Waals surface area contributed by atoms with Gasteiger partial charge in [0.2, 0.25) is 0 Å². The summed E-state index contributed by atoms with van der Waals surface area (Å²) in [5, 5.41) is 0. The molecule has 1 unspecified atom stereocenters. The molecule has 1 fully saturated rings. The zero-order valence-electron chi connectivity index (χ0n) is 10.7. The molecule has 1 aliphatic heterocycles. The Morgan fingerprint density at radius 3 is 2.94 bits per heavy atom. The van der Waals surface area contributed by atoms with Gasteiger partial charge in [-0.1, -0.05) is 6.92 Å². The van der Waals surface area contributed by atoms with Crippen LogP contribution in [-0.2, 0) is 5.88 Å². The maximum Gasteiger partial charge on any atom is 0.131 e. The fraction of sp³-hybridized carbons (Fsp3) is 0.643. The smallest absolute Gasteiger partial charge is 0.131 e. The van der Waals surface area contributed by atoms with E-state index >= 15 is 0 Å². The van der Waals surface area contributed by atoms with E-state index in [2.05, 4.69) is 29.8 Å². The molecule has 0 aliphatic carbocycles. The van der Waals surface area contributed by atoms with Crippen molar-refractivity contribution in [1.82, 2.24) is 4.98 Å². The zero-order valence-corrected chi connectivity index (χ0v) is 11.5. The van der Waals surface area contributed by atoms with Crippen molar-refractivity contribution >= 4 is 17.4 Å². The molecular formula is C14H21ClN2. The maximum absolute atomic E-state index is 5.84. The van der Waals surface area contributed by atoms with Gasteiger partial charge in [0.1, 0.15) is 5.82 Å². The first-order valence-electron chi connectivity index (χ1n) is 6.54. The van der Waals surface area contributed by atoms with Gasteiger partial charge in [0.25, 0.3) is 0 Å². The second-order valence-electron chi connectivity index (χ2n) is 4.87. The molecule has 1 aliphatic rings. The van der Waals surface area contributed by atoms with E-state index in [1.165, 1.54) is 31.2 Å². The lowest BCUT2D eigenvalue weighted by molar-refractivity contribution is 0.446. The third kappa shape index (κ3) is 2.74. The number of aromatic nitrogens is 1. The zero-order chi connectivity index (χ0) is 12.3. The van der Waals surface area contributed by atoms with Crippen LogP contribution in [0.15, 0.2) is 12.3 Å². The number of anilines is 1. The minimum absolute atomic E-state index is 0.547. The highest BCUT2D eigenvalue weighted by Gasteiger charge is 2.23. The minimum Gasteiger partial charge on any atom is -0.353 e. The molecule has 0 radical (unpaired) electrons. The fourth-order valence-corrected chi connectivity index (χ4v) is 2.85. The monoisotopic (exact) mass is 252 g/mol. The van der Waals surface area contributed by atoms with Crippen molar-refractivity contribution in [2.24, 2.45) is 0 Å². The lowest BCUT2D eigenvalue weighted by Gasteiger charge is -2.37. The summed E-state index contributed by atoms with van der Waals surface area (Å²) in [5.74, 6) is 1.70. The molecule has 2 heterocycles. The SMILES string of the molecule is CCC1CCCCN1c1ncc(CCl)cc1C. The molecule has 17 heavy (non-hydrogen) atoms. The van der Waals surface area contributed by atoms with Gasteiger partial charge in [-0.3, -0.25) is 0 Å². The summed E-state index contributed by atoms with van der Waals surface area (Å²) in [6, 6.07) is 2.83. The molecule has 3 heteroatoms. The first-order valence-corrected chi connectivity index (χ1v) is 7.07. The highest BCUT2D eigenvalue weighted by atomic mass is 35.5. The molecule has 0 aromatic carbocycles. The van der Waals surface area contributed by atoms with Crippen molar-refractivity contribution in [1.29, 1.82) is 0 Å². The lowest BCUT2D eigenvalue weighted by atomic mass is 9.99. The Kier molecular flexibility index (Phi) is 4.27. The van der Waals surface area contributed by atoms with Crippen LogP contribution in [0.3, 0.4) is 0 Å². The molecule has 2 nitrogen and oxygen atoms in total. The lowest BCUT2D eigenvalue weighted by Crippen LogP contribution is -2.40. The van der Waals surface area contributed by atoms with Crippen LogP contribution in [0, 0.1) is 6.92 Å². The number of rotatable bonds is 3. The molecule has 0 N–H and O–H groups in total. The van der Waals surface area contributed by atoms with Crippen LogP contribution in [0.2, 0.25) is 0 Å². The van der Waals surface area contributed by atoms with Gasteiger partial charge < -0.3 is 4.90 Å². The molecule has 2 rings (SSSR count). The number of pyridine rings is 1. The largest absolute Gasteiger partial charge is 0.353 e. The van der Waals surface area contributed by atoms with Crippen LogP contribution in [0.4, 0.5) is 5.82 Å². The van der Waals surface area contributed by atoms with Crippen LogP contribution in [0.1, 0.15) is 43.7 Å². The molecule has 0 spiro atoms. The summed E-state index contributed by atoms with van der Waals surface area (Å²) < 4.78 is 0. The van der Waals surface area contributed by atoms with E-state index in [-0.39, 0.29) is 0 Å². The van der Waals surface area contributed by atoms with Crippen molar-refractivity contribution in [3.8, 4) is 0 Å². The predicted octanol–water partition coefficient (Wildman–Crippen LogP) is 3.90. The topological polar surface area (TPSA) is 16.1 Å². The number of halogens is 1. The van der Waals surface area contributed by atoms with Crippen LogP contribution in [0.5, 0.6) is 0 Å². The average molecular weight is 253 g/mol. The highest BCUT2D eigenvalue weighted by molar-refractivity contribution is 6.17. The van der Waals surface area contributed by atoms with Crippen molar-refractivity contribution in [2.75, 3.05) is 11.4 Å². The highest BCUT2D eigenvalue weighted by Crippen LogP contribution is 2.27. The van der Waals surface area contributed by atoms with Crippen LogP contribution < -0.4 is 4.90 Å². The quantitative estimate of drug-likeness (QED) is 0.759. The van der Waals surface area contributed by atoms with Gasteiger partial charge in [0, 0.05) is 24.7 Å². The molecule has 1 aromatic heterocycles. The van der Waals surface area contributed by atoms with E-state index in [1.807, 2.05) is 6.20 Å². The maximum atomic E-state index is 5.84. The molecule has 0 bridgehead atoms. The van der Waals surface area contributed by atoms with E-state index in [4.69, 9.17) is 11.6 Å². The van der Waals surface area contributed by atoms with Gasteiger partial charge in [0.05, 0.1) is 0 Å². The first kappa shape index (κ1) is 12.7. The second kappa shape index (κ2) is 5.72. The fourth-order valence-electron chi connectivity index (χ4n) is 2.70. The van der Waals surface area contributed by atoms with Gasteiger partial charge in [-0.05, 0) is 49.8 Å². The molecule has 0 saturated carbocycles. The number of nitrogens with zero attached hydrogens (tertiary/aromatic N) is 2. The average Bonchev–Trinajstić information content (AvgIpc) is 2.38. The Morgan fingerprint density at radius 1 is 1.47 bits per heavy atom. The summed E-state index contributed by atoms with van der Waals surface area (Å²) in [6.45, 7) is 5.55. The Labute approximate surface area is 109 Å². The Bertz CT molecular complexity index is 378. The number of hydrogen-bond donors (Lipinski definition) is 0. The van der Waals surface area contributed by atoms with E-state index in [9.17, 15) is 0 Å². The summed E-state index contributed by atoms with van der Waals surface area (Å²) in [6.07, 6.45) is 7.06. The molecule has 0 amide bonds. The van der Waals surface area contributed by atoms with Gasteiger partial charge in [-0.2, -0.15) is 0 Å². The molecule has 1 atom stereocenters. The van der Waals surface area contributed by atoms with Crippen molar-refractivity contribution < 1.29 is 0 Å². The second-order valence-corrected chi connectivity index (χ2v) is 5.14. The molecule has 94 valence electrons. The van der Waals surface area contributed by atoms with Crippen LogP contribution in [0.25, 0.3) is 0 Å². The number of hydrogen-bond acceptors (Lipinski definition) is 2. The Balaban J connectivity index is 2.25. The number of alkyl halides is 1. The van der Waals surface area contributed by atoms with Gasteiger partial charge in [-0.25, -0.2) is 4.98 Å². The van der Waals surface area contributed by atoms with Crippen LogP contribution in [-0.4, -0.2) is 17.6 Å². The predicted molar refractivity (Wildman–Crippen MR) is 73.8 cm³/mol. The standard InChI is InChI=1S/C14H21ClN2/c1-3-13-6-4-5-7-17(13)14-11(2)8-12(9-15)10-16-14/h8,10,13H,3-7,9H2,1-2H3. The third-order valence-corrected chi connectivity index (χ3v) is 3.94. The van der Waals surface area contributed by atoms with E-state index < -0.39 is 0 Å². The summed E-state index contributed by atoms with van der Waals surface area (Å²) in [5.41, 5.74) is 2.36. The summed E-state index contributed by atoms with van der Waals surface area (Å²) in [7, 11) is 0. The first-order chi connectivity index (χ1) is 8.26. The van der Waals surface area contributed by atoms with Gasteiger partial charge in [0.15, 0.2) is 0 Å². The minimum atomic E-state index is 0.547. The Hall–Kier alpha value is -0.760. The molecule has 1 aromatic rings. The Morgan fingerprint density at radius 2 is 2.29 bits per heavy atom. The van der Waals surface area contributed by atoms with E-state index in [0.717, 1.165) is 17.9 Å². The van der Waals surface area contributed by atoms with Crippen molar-refractivity contribution in [2.45, 2.75) is 51.5 Å². The van der Waals surface area contributed by atoms with Gasteiger partial charge >= 0.3 is 0 Å². The summed E-state index contributed by atoms with van der Waals surface area (Å²) >= 11 is 5.84. The molecule has 1 saturated heterocycles. The number of piperidine rings is 1. The number of aryl methyl sites for hydroxylation is 1. The summed E-state index contributed by atoms with van der Waals surface area (Å²) in [4.78, 5) is 7.10. The third-order valence-electron chi connectivity index (χ3n) is 3.63. The van der Waals surface area contributed by atoms with Crippen molar-refractivity contribution in [3.63, 3.8) is 0 Å². The van der Waals surface area contributed by atoms with Crippen molar-refractivity contribution in [3.05, 3.63) is 23.4 Å². The van der Waals surface area contributed by atoms with Gasteiger partial charge in [-0.15, -0.1) is 11.6 Å². The van der Waals surface area contributed by atoms with E-state index in [0.29, 0.717) is 11.9 Å². The van der Waals surface area contributed by atoms with E-state index in [1.54, 1.807) is 0 Å².